The van der Waals surface area contributed by atoms with E-state index in [1.54, 1.807) is 17.0 Å². The fraction of sp³-hybridized carbons (Fsp3) is 0.355. The van der Waals surface area contributed by atoms with Gasteiger partial charge in [0, 0.05) is 32.2 Å². The number of amides is 1. The molecular weight excluding hydrogens is 511 g/mol. The molecule has 1 unspecified atom stereocenters. The van der Waals surface area contributed by atoms with E-state index < -0.39 is 17.7 Å². The van der Waals surface area contributed by atoms with Crippen molar-refractivity contribution >= 4 is 22.9 Å². The van der Waals surface area contributed by atoms with Crippen molar-refractivity contribution in [2.24, 2.45) is 0 Å². The highest BCUT2D eigenvalue weighted by atomic mass is 19.1. The van der Waals surface area contributed by atoms with Gasteiger partial charge in [-0.25, -0.2) is 9.07 Å². The predicted molar refractivity (Wildman–Crippen MR) is 147 cm³/mol. The second-order valence-corrected chi connectivity index (χ2v) is 10.7. The van der Waals surface area contributed by atoms with E-state index in [2.05, 4.69) is 10.3 Å². The van der Waals surface area contributed by atoms with Gasteiger partial charge < -0.3 is 14.7 Å². The van der Waals surface area contributed by atoms with Crippen LogP contribution in [0.25, 0.3) is 11.0 Å². The number of halogens is 1. The lowest BCUT2D eigenvalue weighted by molar-refractivity contribution is -0.137. The maximum Gasteiger partial charge on any atom is 0.304 e. The van der Waals surface area contributed by atoms with E-state index >= 15 is 4.39 Å². The topological polar surface area (TPSA) is 97.5 Å². The van der Waals surface area contributed by atoms with E-state index in [1.807, 2.05) is 41.9 Å². The van der Waals surface area contributed by atoms with Gasteiger partial charge in [-0.15, -0.1) is 5.10 Å². The summed E-state index contributed by atoms with van der Waals surface area (Å²) in [6.45, 7) is 4.25. The maximum atomic E-state index is 15.0. The summed E-state index contributed by atoms with van der Waals surface area (Å²) in [6, 6.07) is 14.6. The van der Waals surface area contributed by atoms with Gasteiger partial charge >= 0.3 is 5.97 Å². The van der Waals surface area contributed by atoms with Crippen LogP contribution in [-0.4, -0.2) is 50.0 Å². The molecule has 5 aliphatic heterocycles. The number of aromatic nitrogens is 3. The Morgan fingerprint density at radius 2 is 1.98 bits per heavy atom. The standard InChI is InChI=1S/C31H31FN4O4/c1-19-24-8-9-28-30(19)33-34-36(28)11-2-3-13-40-18-20-4-7-25(27(32)14-20)31(39)35-12-10-21-5-6-22(15-23(21)17-35)26(24)16-29(37)38/h4-9,14-15,26H,2-3,10-13,16-18H2,1H3,(H,37,38). The Bertz CT molecular complexity index is 1610. The summed E-state index contributed by atoms with van der Waals surface area (Å²) < 4.78 is 22.7. The lowest BCUT2D eigenvalue weighted by Crippen LogP contribution is -2.36. The molecule has 0 saturated heterocycles. The summed E-state index contributed by atoms with van der Waals surface area (Å²) in [7, 11) is 0. The fourth-order valence-corrected chi connectivity index (χ4v) is 5.92. The number of hydrogen-bond donors (Lipinski definition) is 1. The van der Waals surface area contributed by atoms with Crippen LogP contribution in [0.3, 0.4) is 0 Å². The van der Waals surface area contributed by atoms with Gasteiger partial charge in [0.25, 0.3) is 5.91 Å². The van der Waals surface area contributed by atoms with Crippen molar-refractivity contribution in [2.45, 2.75) is 58.2 Å². The van der Waals surface area contributed by atoms with E-state index in [9.17, 15) is 14.7 Å². The van der Waals surface area contributed by atoms with Crippen LogP contribution < -0.4 is 0 Å². The Hall–Kier alpha value is -4.11. The zero-order valence-electron chi connectivity index (χ0n) is 22.4. The van der Waals surface area contributed by atoms with Crippen molar-refractivity contribution in [3.05, 3.63) is 93.3 Å². The van der Waals surface area contributed by atoms with E-state index in [0.29, 0.717) is 38.2 Å². The lowest BCUT2D eigenvalue weighted by Gasteiger charge is -2.30. The molecule has 9 bridgehead atoms. The van der Waals surface area contributed by atoms with Crippen LogP contribution in [-0.2, 0) is 35.6 Å². The third kappa shape index (κ3) is 4.97. The molecule has 3 aromatic carbocycles. The molecule has 0 fully saturated rings. The Balaban J connectivity index is 1.42. The summed E-state index contributed by atoms with van der Waals surface area (Å²) in [5.74, 6) is -2.20. The van der Waals surface area contributed by atoms with Gasteiger partial charge in [-0.1, -0.05) is 35.5 Å². The number of nitrogens with zero attached hydrogens (tertiary/aromatic N) is 4. The molecule has 206 valence electrons. The quantitative estimate of drug-likeness (QED) is 0.383. The molecule has 9 heteroatoms. The monoisotopic (exact) mass is 542 g/mol. The van der Waals surface area contributed by atoms with Gasteiger partial charge in [0.15, 0.2) is 0 Å². The van der Waals surface area contributed by atoms with E-state index in [1.165, 1.54) is 6.07 Å². The first-order valence-corrected chi connectivity index (χ1v) is 13.7. The van der Waals surface area contributed by atoms with E-state index in [-0.39, 0.29) is 24.5 Å². The number of hydrogen-bond acceptors (Lipinski definition) is 5. The zero-order valence-corrected chi connectivity index (χ0v) is 22.4. The zero-order chi connectivity index (χ0) is 27.8. The van der Waals surface area contributed by atoms with Crippen LogP contribution in [0.2, 0.25) is 0 Å². The average Bonchev–Trinajstić information content (AvgIpc) is 3.36. The van der Waals surface area contributed by atoms with Crippen LogP contribution in [0.15, 0.2) is 48.5 Å². The first-order chi connectivity index (χ1) is 19.4. The molecule has 4 aromatic rings. The van der Waals surface area contributed by atoms with Crippen molar-refractivity contribution in [3.63, 3.8) is 0 Å². The molecule has 1 N–H and O–H groups in total. The summed E-state index contributed by atoms with van der Waals surface area (Å²) in [4.78, 5) is 27.0. The largest absolute Gasteiger partial charge is 0.481 e. The summed E-state index contributed by atoms with van der Waals surface area (Å²) in [5, 5.41) is 18.7. The Labute approximate surface area is 231 Å². The van der Waals surface area contributed by atoms with Crippen LogP contribution in [0, 0.1) is 12.7 Å². The van der Waals surface area contributed by atoms with E-state index in [4.69, 9.17) is 4.74 Å². The van der Waals surface area contributed by atoms with Gasteiger partial charge in [-0.05, 0) is 77.8 Å². The van der Waals surface area contributed by atoms with Gasteiger partial charge in [0.05, 0.1) is 24.1 Å². The highest BCUT2D eigenvalue weighted by Gasteiger charge is 2.27. The molecule has 0 radical (unpaired) electrons. The van der Waals surface area contributed by atoms with E-state index in [0.717, 1.165) is 51.7 Å². The van der Waals surface area contributed by atoms with Crippen molar-refractivity contribution in [3.8, 4) is 0 Å². The van der Waals surface area contributed by atoms with Crippen molar-refractivity contribution < 1.29 is 23.8 Å². The number of aliphatic carboxylic acids is 1. The lowest BCUT2D eigenvalue weighted by atomic mass is 9.83. The minimum atomic E-state index is -0.898. The van der Waals surface area contributed by atoms with Gasteiger partial charge in [0.2, 0.25) is 0 Å². The van der Waals surface area contributed by atoms with Crippen molar-refractivity contribution in [1.82, 2.24) is 19.9 Å². The van der Waals surface area contributed by atoms with Gasteiger partial charge in [0.1, 0.15) is 11.3 Å². The number of carbonyl (C=O) groups excluding carboxylic acids is 1. The van der Waals surface area contributed by atoms with Gasteiger partial charge in [-0.3, -0.25) is 9.59 Å². The van der Waals surface area contributed by atoms with Crippen LogP contribution >= 0.6 is 0 Å². The minimum absolute atomic E-state index is 0.0449. The maximum absolute atomic E-state index is 15.0. The summed E-state index contributed by atoms with van der Waals surface area (Å²) in [5.41, 5.74) is 7.13. The minimum Gasteiger partial charge on any atom is -0.481 e. The van der Waals surface area contributed by atoms with Gasteiger partial charge in [-0.2, -0.15) is 0 Å². The van der Waals surface area contributed by atoms with Crippen molar-refractivity contribution in [1.29, 1.82) is 0 Å². The number of carbonyl (C=O) groups is 2. The molecular formula is C31H31FN4O4. The molecule has 0 saturated carbocycles. The fourth-order valence-electron chi connectivity index (χ4n) is 5.92. The number of ether oxygens (including phenoxy) is 1. The number of carboxylic acid groups (broad SMARTS) is 1. The Morgan fingerprint density at radius 3 is 2.80 bits per heavy atom. The molecule has 9 rings (SSSR count). The number of carboxylic acids is 1. The molecule has 40 heavy (non-hydrogen) atoms. The predicted octanol–water partition coefficient (Wildman–Crippen LogP) is 4.99. The summed E-state index contributed by atoms with van der Waals surface area (Å²) >= 11 is 0. The second kappa shape index (κ2) is 10.8. The molecule has 1 aromatic heterocycles. The molecule has 1 amide bonds. The smallest absolute Gasteiger partial charge is 0.304 e. The molecule has 0 aliphatic carbocycles. The van der Waals surface area contributed by atoms with Crippen LogP contribution in [0.4, 0.5) is 4.39 Å². The Morgan fingerprint density at radius 1 is 1.10 bits per heavy atom. The third-order valence-corrected chi connectivity index (χ3v) is 8.11. The molecule has 5 aliphatic rings. The molecule has 0 spiro atoms. The number of benzene rings is 3. The molecule has 6 heterocycles. The third-order valence-electron chi connectivity index (χ3n) is 8.11. The highest BCUT2D eigenvalue weighted by molar-refractivity contribution is 5.94. The first kappa shape index (κ1) is 26.1. The van der Waals surface area contributed by atoms with Crippen LogP contribution in [0.5, 0.6) is 0 Å². The number of aryl methyl sites for hydroxylation is 2. The molecule has 1 atom stereocenters. The van der Waals surface area contributed by atoms with Crippen LogP contribution in [0.1, 0.15) is 68.9 Å². The second-order valence-electron chi connectivity index (χ2n) is 10.7. The Kier molecular flexibility index (Phi) is 7.06. The summed E-state index contributed by atoms with van der Waals surface area (Å²) in [6.07, 6.45) is 2.19. The first-order valence-electron chi connectivity index (χ1n) is 13.7. The average molecular weight is 543 g/mol. The number of rotatable bonds is 2. The SMILES string of the molecule is Cc1c2ccc3c1nnn3CCCCOCc1ccc(c(F)c1)C(=O)N1CCc3ccc(cc3C1)C2CC(=O)O. The normalized spacial score (nSPS) is 17.9. The van der Waals surface area contributed by atoms with Crippen molar-refractivity contribution in [2.75, 3.05) is 13.2 Å². The highest BCUT2D eigenvalue weighted by Crippen LogP contribution is 2.35. The molecule has 8 nitrogen and oxygen atoms in total.